The van der Waals surface area contributed by atoms with Crippen LogP contribution in [0.4, 0.5) is 0 Å². The highest BCUT2D eigenvalue weighted by Gasteiger charge is 2.12. The standard InChI is InChI=1S/C13H9Cl2NO2/c1-7(17)11-3-2-4-12(16-11)9-5-8(14)6-10(15)13(9)18/h2-6,18H,1H3. The summed E-state index contributed by atoms with van der Waals surface area (Å²) in [5.74, 6) is -0.251. The summed E-state index contributed by atoms with van der Waals surface area (Å²) in [5, 5.41) is 10.4. The Morgan fingerprint density at radius 3 is 2.67 bits per heavy atom. The zero-order chi connectivity index (χ0) is 13.3. The van der Waals surface area contributed by atoms with Gasteiger partial charge < -0.3 is 5.11 Å². The molecule has 0 spiro atoms. The van der Waals surface area contributed by atoms with E-state index in [1.807, 2.05) is 0 Å². The lowest BCUT2D eigenvalue weighted by Gasteiger charge is -2.07. The van der Waals surface area contributed by atoms with Crippen molar-refractivity contribution in [3.05, 3.63) is 46.1 Å². The first kappa shape index (κ1) is 12.9. The Labute approximate surface area is 114 Å². The van der Waals surface area contributed by atoms with Gasteiger partial charge >= 0.3 is 0 Å². The van der Waals surface area contributed by atoms with Crippen LogP contribution in [0.3, 0.4) is 0 Å². The maximum Gasteiger partial charge on any atom is 0.178 e. The molecule has 0 aliphatic carbocycles. The predicted octanol–water partition coefficient (Wildman–Crippen LogP) is 3.96. The summed E-state index contributed by atoms with van der Waals surface area (Å²) in [6.45, 7) is 1.43. The summed E-state index contributed by atoms with van der Waals surface area (Å²) in [7, 11) is 0. The van der Waals surface area contributed by atoms with E-state index in [1.165, 1.54) is 13.0 Å². The molecule has 2 aromatic rings. The van der Waals surface area contributed by atoms with E-state index in [0.717, 1.165) is 0 Å². The summed E-state index contributed by atoms with van der Waals surface area (Å²) < 4.78 is 0. The van der Waals surface area contributed by atoms with E-state index in [9.17, 15) is 9.90 Å². The molecule has 1 N–H and O–H groups in total. The van der Waals surface area contributed by atoms with Gasteiger partial charge in [-0.3, -0.25) is 4.79 Å². The largest absolute Gasteiger partial charge is 0.506 e. The van der Waals surface area contributed by atoms with Crippen LogP contribution in [0.25, 0.3) is 11.3 Å². The summed E-state index contributed by atoms with van der Waals surface area (Å²) in [6, 6.07) is 7.96. The van der Waals surface area contributed by atoms with Gasteiger partial charge in [-0.2, -0.15) is 0 Å². The fraction of sp³-hybridized carbons (Fsp3) is 0.0769. The molecule has 0 saturated carbocycles. The zero-order valence-electron chi connectivity index (χ0n) is 9.45. The van der Waals surface area contributed by atoms with Crippen LogP contribution in [0.5, 0.6) is 5.75 Å². The lowest BCUT2D eigenvalue weighted by molar-refractivity contribution is 0.101. The van der Waals surface area contributed by atoms with Crippen molar-refractivity contribution in [2.24, 2.45) is 0 Å². The fourth-order valence-electron chi connectivity index (χ4n) is 1.54. The van der Waals surface area contributed by atoms with E-state index in [1.54, 1.807) is 24.3 Å². The maximum absolute atomic E-state index is 11.3. The predicted molar refractivity (Wildman–Crippen MR) is 71.4 cm³/mol. The molecule has 0 atom stereocenters. The maximum atomic E-state index is 11.3. The SMILES string of the molecule is CC(=O)c1cccc(-c2cc(Cl)cc(Cl)c2O)n1. The number of halogens is 2. The molecule has 0 aliphatic heterocycles. The van der Waals surface area contributed by atoms with Gasteiger partial charge in [0, 0.05) is 17.5 Å². The van der Waals surface area contributed by atoms with Gasteiger partial charge in [0.05, 0.1) is 10.7 Å². The number of rotatable bonds is 2. The number of ketones is 1. The van der Waals surface area contributed by atoms with Crippen molar-refractivity contribution < 1.29 is 9.90 Å². The number of Topliss-reactive ketones (excluding diaryl/α,β-unsaturated/α-hetero) is 1. The number of hydrogen-bond donors (Lipinski definition) is 1. The molecular weight excluding hydrogens is 273 g/mol. The molecular formula is C13H9Cl2NO2. The minimum absolute atomic E-state index is 0.103. The van der Waals surface area contributed by atoms with Crippen LogP contribution >= 0.6 is 23.2 Å². The average molecular weight is 282 g/mol. The molecule has 1 aromatic heterocycles. The van der Waals surface area contributed by atoms with E-state index < -0.39 is 0 Å². The Kier molecular flexibility index (Phi) is 3.55. The first-order valence-electron chi connectivity index (χ1n) is 5.15. The van der Waals surface area contributed by atoms with E-state index in [0.29, 0.717) is 22.0 Å². The van der Waals surface area contributed by atoms with Gasteiger partial charge in [-0.25, -0.2) is 4.98 Å². The third-order valence-corrected chi connectivity index (χ3v) is 2.92. The lowest BCUT2D eigenvalue weighted by Crippen LogP contribution is -1.97. The molecule has 0 amide bonds. The molecule has 5 heteroatoms. The first-order chi connectivity index (χ1) is 8.49. The van der Waals surface area contributed by atoms with Gasteiger partial charge in [0.15, 0.2) is 5.78 Å². The monoisotopic (exact) mass is 281 g/mol. The van der Waals surface area contributed by atoms with Crippen molar-refractivity contribution in [1.82, 2.24) is 4.98 Å². The number of carbonyl (C=O) groups is 1. The van der Waals surface area contributed by atoms with Crippen LogP contribution < -0.4 is 0 Å². The fourth-order valence-corrected chi connectivity index (χ4v) is 2.04. The van der Waals surface area contributed by atoms with E-state index in [-0.39, 0.29) is 16.6 Å². The highest BCUT2D eigenvalue weighted by molar-refractivity contribution is 6.36. The molecule has 1 heterocycles. The molecule has 1 aromatic carbocycles. The first-order valence-corrected chi connectivity index (χ1v) is 5.91. The second kappa shape index (κ2) is 4.96. The molecule has 0 aliphatic rings. The van der Waals surface area contributed by atoms with Gasteiger partial charge in [-0.05, 0) is 24.3 Å². The van der Waals surface area contributed by atoms with Crippen LogP contribution in [0.15, 0.2) is 30.3 Å². The third kappa shape index (κ3) is 2.47. The summed E-state index contributed by atoms with van der Waals surface area (Å²) in [4.78, 5) is 15.4. The Morgan fingerprint density at radius 1 is 1.28 bits per heavy atom. The highest BCUT2D eigenvalue weighted by atomic mass is 35.5. The second-order valence-corrected chi connectivity index (χ2v) is 4.59. The van der Waals surface area contributed by atoms with Gasteiger partial charge in [0.1, 0.15) is 11.4 Å². The average Bonchev–Trinajstić information content (AvgIpc) is 2.34. The number of phenols is 1. The Bertz CT molecular complexity index is 626. The molecule has 0 fully saturated rings. The highest BCUT2D eigenvalue weighted by Crippen LogP contribution is 2.37. The minimum Gasteiger partial charge on any atom is -0.506 e. The summed E-state index contributed by atoms with van der Waals surface area (Å²) >= 11 is 11.7. The molecule has 18 heavy (non-hydrogen) atoms. The van der Waals surface area contributed by atoms with Crippen molar-refractivity contribution in [2.75, 3.05) is 0 Å². The Hall–Kier alpha value is -1.58. The quantitative estimate of drug-likeness (QED) is 0.848. The van der Waals surface area contributed by atoms with Crippen LogP contribution in [-0.2, 0) is 0 Å². The van der Waals surface area contributed by atoms with Crippen LogP contribution in [0, 0.1) is 0 Å². The number of benzene rings is 1. The van der Waals surface area contributed by atoms with Gasteiger partial charge in [0.2, 0.25) is 0 Å². The molecule has 2 rings (SSSR count). The van der Waals surface area contributed by atoms with E-state index in [2.05, 4.69) is 4.98 Å². The van der Waals surface area contributed by atoms with Crippen LogP contribution in [0.1, 0.15) is 17.4 Å². The smallest absolute Gasteiger partial charge is 0.178 e. The summed E-state index contributed by atoms with van der Waals surface area (Å²) in [5.41, 5.74) is 1.17. The van der Waals surface area contributed by atoms with Crippen LogP contribution in [0.2, 0.25) is 10.0 Å². The van der Waals surface area contributed by atoms with Gasteiger partial charge in [-0.15, -0.1) is 0 Å². The van der Waals surface area contributed by atoms with Crippen molar-refractivity contribution >= 4 is 29.0 Å². The number of aromatic hydroxyl groups is 1. The normalized spacial score (nSPS) is 10.4. The number of nitrogens with zero attached hydrogens (tertiary/aromatic N) is 1. The number of hydrogen-bond acceptors (Lipinski definition) is 3. The van der Waals surface area contributed by atoms with E-state index >= 15 is 0 Å². The molecule has 0 unspecified atom stereocenters. The van der Waals surface area contributed by atoms with Crippen molar-refractivity contribution in [1.29, 1.82) is 0 Å². The minimum atomic E-state index is -0.149. The molecule has 0 bridgehead atoms. The molecule has 3 nitrogen and oxygen atoms in total. The number of carbonyl (C=O) groups excluding carboxylic acids is 1. The number of pyridine rings is 1. The van der Waals surface area contributed by atoms with Crippen molar-refractivity contribution in [3.63, 3.8) is 0 Å². The zero-order valence-corrected chi connectivity index (χ0v) is 11.0. The van der Waals surface area contributed by atoms with E-state index in [4.69, 9.17) is 23.2 Å². The topological polar surface area (TPSA) is 50.2 Å². The second-order valence-electron chi connectivity index (χ2n) is 3.75. The van der Waals surface area contributed by atoms with Crippen molar-refractivity contribution in [3.8, 4) is 17.0 Å². The third-order valence-electron chi connectivity index (χ3n) is 2.41. The van der Waals surface area contributed by atoms with Crippen molar-refractivity contribution in [2.45, 2.75) is 6.92 Å². The molecule has 92 valence electrons. The number of aromatic nitrogens is 1. The lowest BCUT2D eigenvalue weighted by atomic mass is 10.1. The molecule has 0 saturated heterocycles. The Balaban J connectivity index is 2.62. The summed E-state index contributed by atoms with van der Waals surface area (Å²) in [6.07, 6.45) is 0. The van der Waals surface area contributed by atoms with Gasteiger partial charge in [0.25, 0.3) is 0 Å². The Morgan fingerprint density at radius 2 is 2.00 bits per heavy atom. The molecule has 0 radical (unpaired) electrons. The van der Waals surface area contributed by atoms with Crippen LogP contribution in [-0.4, -0.2) is 15.9 Å². The van der Waals surface area contributed by atoms with Gasteiger partial charge in [-0.1, -0.05) is 29.3 Å². The number of phenolic OH excluding ortho intramolecular Hbond substituents is 1.